The minimum absolute atomic E-state index is 0.143. The predicted octanol–water partition coefficient (Wildman–Crippen LogP) is 2.54. The van der Waals surface area contributed by atoms with E-state index in [2.05, 4.69) is 9.47 Å². The van der Waals surface area contributed by atoms with E-state index in [-0.39, 0.29) is 29.1 Å². The van der Waals surface area contributed by atoms with E-state index in [0.29, 0.717) is 5.56 Å². The van der Waals surface area contributed by atoms with E-state index >= 15 is 0 Å². The first-order valence-corrected chi connectivity index (χ1v) is 7.39. The minimum Gasteiger partial charge on any atom is -0.469 e. The van der Waals surface area contributed by atoms with Crippen molar-refractivity contribution in [3.05, 3.63) is 46.7 Å². The molecular formula is C18H18O7. The van der Waals surface area contributed by atoms with E-state index in [0.717, 1.165) is 12.7 Å². The third-order valence-corrected chi connectivity index (χ3v) is 3.63. The number of rotatable bonds is 5. The number of benzene rings is 1. The van der Waals surface area contributed by atoms with Gasteiger partial charge in [-0.15, -0.1) is 0 Å². The zero-order valence-electron chi connectivity index (χ0n) is 14.4. The summed E-state index contributed by atoms with van der Waals surface area (Å²) in [6.45, 7) is 1.92. The summed E-state index contributed by atoms with van der Waals surface area (Å²) in [5.41, 5.74) is 1.69. The summed E-state index contributed by atoms with van der Waals surface area (Å²) in [6.07, 6.45) is -0.259. The molecule has 2 aromatic rings. The van der Waals surface area contributed by atoms with E-state index in [4.69, 9.17) is 9.15 Å². The molecule has 0 saturated carbocycles. The Balaban J connectivity index is 2.73. The van der Waals surface area contributed by atoms with Crippen LogP contribution in [-0.4, -0.2) is 39.2 Å². The van der Waals surface area contributed by atoms with Gasteiger partial charge in [0.1, 0.15) is 11.3 Å². The number of esters is 3. The molecule has 25 heavy (non-hydrogen) atoms. The van der Waals surface area contributed by atoms with Crippen molar-refractivity contribution < 1.29 is 33.0 Å². The second-order valence-electron chi connectivity index (χ2n) is 5.22. The fraction of sp³-hybridized carbons (Fsp3) is 0.278. The van der Waals surface area contributed by atoms with Crippen LogP contribution in [0.4, 0.5) is 0 Å². The first-order valence-electron chi connectivity index (χ1n) is 7.39. The number of ether oxygens (including phenoxy) is 3. The van der Waals surface area contributed by atoms with Crippen molar-refractivity contribution >= 4 is 17.9 Å². The van der Waals surface area contributed by atoms with Crippen molar-refractivity contribution in [2.75, 3.05) is 21.3 Å². The van der Waals surface area contributed by atoms with Crippen LogP contribution in [0.15, 0.2) is 28.7 Å². The summed E-state index contributed by atoms with van der Waals surface area (Å²) in [5, 5.41) is 0. The lowest BCUT2D eigenvalue weighted by Crippen LogP contribution is -2.14. The van der Waals surface area contributed by atoms with Gasteiger partial charge in [-0.25, -0.2) is 9.59 Å². The number of methoxy groups -OCH3 is 3. The van der Waals surface area contributed by atoms with E-state index in [1.54, 1.807) is 12.1 Å². The average Bonchev–Trinajstić information content (AvgIpc) is 2.99. The molecule has 0 fully saturated rings. The molecule has 0 N–H and O–H groups in total. The molecule has 7 heteroatoms. The van der Waals surface area contributed by atoms with Crippen molar-refractivity contribution in [2.45, 2.75) is 13.3 Å². The first-order chi connectivity index (χ1) is 11.9. The van der Waals surface area contributed by atoms with Crippen molar-refractivity contribution in [2.24, 2.45) is 0 Å². The molecule has 0 unspecified atom stereocenters. The van der Waals surface area contributed by atoms with Gasteiger partial charge in [0.15, 0.2) is 0 Å². The maximum Gasteiger partial charge on any atom is 0.374 e. The summed E-state index contributed by atoms with van der Waals surface area (Å²) >= 11 is 0. The van der Waals surface area contributed by atoms with Crippen molar-refractivity contribution in [3.8, 4) is 11.3 Å². The van der Waals surface area contributed by atoms with Crippen LogP contribution < -0.4 is 0 Å². The van der Waals surface area contributed by atoms with Crippen LogP contribution in [0.1, 0.15) is 32.0 Å². The van der Waals surface area contributed by atoms with E-state index in [1.807, 2.05) is 19.1 Å². The lowest BCUT2D eigenvalue weighted by Gasteiger charge is -2.05. The van der Waals surface area contributed by atoms with Gasteiger partial charge in [-0.2, -0.15) is 0 Å². The highest BCUT2D eigenvalue weighted by molar-refractivity contribution is 6.04. The number of hydrogen-bond acceptors (Lipinski definition) is 7. The molecule has 0 spiro atoms. The third kappa shape index (κ3) is 3.71. The molecule has 2 rings (SSSR count). The fourth-order valence-electron chi connectivity index (χ4n) is 2.34. The van der Waals surface area contributed by atoms with Crippen LogP contribution in [0, 0.1) is 6.92 Å². The lowest BCUT2D eigenvalue weighted by molar-refractivity contribution is -0.139. The van der Waals surface area contributed by atoms with Crippen LogP contribution >= 0.6 is 0 Å². The molecule has 0 radical (unpaired) electrons. The molecule has 0 aliphatic rings. The number of aryl methyl sites for hydroxylation is 1. The van der Waals surface area contributed by atoms with E-state index in [9.17, 15) is 14.4 Å². The Morgan fingerprint density at radius 3 is 2.04 bits per heavy atom. The molecule has 1 aromatic heterocycles. The Morgan fingerprint density at radius 2 is 1.52 bits per heavy atom. The van der Waals surface area contributed by atoms with E-state index in [1.165, 1.54) is 14.2 Å². The zero-order valence-corrected chi connectivity index (χ0v) is 14.4. The highest BCUT2D eigenvalue weighted by atomic mass is 16.5. The van der Waals surface area contributed by atoms with Gasteiger partial charge < -0.3 is 18.6 Å². The van der Waals surface area contributed by atoms with Crippen molar-refractivity contribution in [3.63, 3.8) is 0 Å². The summed E-state index contributed by atoms with van der Waals surface area (Å²) in [5.74, 6) is -2.34. The van der Waals surface area contributed by atoms with Gasteiger partial charge in [0, 0.05) is 11.1 Å². The number of furan rings is 1. The molecule has 0 bridgehead atoms. The molecule has 132 valence electrons. The zero-order chi connectivity index (χ0) is 18.6. The maximum atomic E-state index is 12.2. The average molecular weight is 346 g/mol. The van der Waals surface area contributed by atoms with Crippen LogP contribution in [0.25, 0.3) is 11.3 Å². The molecule has 0 saturated heterocycles. The molecular weight excluding hydrogens is 328 g/mol. The second-order valence-corrected chi connectivity index (χ2v) is 5.22. The van der Waals surface area contributed by atoms with Crippen LogP contribution in [0.5, 0.6) is 0 Å². The number of hydrogen-bond donors (Lipinski definition) is 0. The lowest BCUT2D eigenvalue weighted by atomic mass is 10.0. The number of carbonyl (C=O) groups is 3. The first kappa shape index (κ1) is 18.3. The summed E-state index contributed by atoms with van der Waals surface area (Å²) in [4.78, 5) is 36.0. The highest BCUT2D eigenvalue weighted by Gasteiger charge is 2.32. The molecule has 0 amide bonds. The van der Waals surface area contributed by atoms with Gasteiger partial charge in [-0.05, 0) is 6.92 Å². The normalized spacial score (nSPS) is 10.2. The Morgan fingerprint density at radius 1 is 0.920 bits per heavy atom. The smallest absolute Gasteiger partial charge is 0.374 e. The Kier molecular flexibility index (Phi) is 5.59. The van der Waals surface area contributed by atoms with Gasteiger partial charge in [0.25, 0.3) is 0 Å². The summed E-state index contributed by atoms with van der Waals surface area (Å²) in [7, 11) is 3.56. The van der Waals surface area contributed by atoms with Crippen LogP contribution in [-0.2, 0) is 25.4 Å². The topological polar surface area (TPSA) is 92.0 Å². The standard InChI is InChI=1S/C18H18O7/c1-10-5-7-11(8-6-10)15-12(9-13(19)22-2)14(17(20)23-3)16(25-15)18(21)24-4/h5-8H,9H2,1-4H3. The quantitative estimate of drug-likeness (QED) is 0.607. The van der Waals surface area contributed by atoms with Gasteiger partial charge in [0.05, 0.1) is 27.8 Å². The van der Waals surface area contributed by atoms with Crippen LogP contribution in [0.2, 0.25) is 0 Å². The molecule has 7 nitrogen and oxygen atoms in total. The molecule has 0 aliphatic carbocycles. The second kappa shape index (κ2) is 7.65. The van der Waals surface area contributed by atoms with Gasteiger partial charge in [-0.3, -0.25) is 4.79 Å². The van der Waals surface area contributed by atoms with Crippen molar-refractivity contribution in [1.82, 2.24) is 0 Å². The highest BCUT2D eigenvalue weighted by Crippen LogP contribution is 2.33. The van der Waals surface area contributed by atoms with Gasteiger partial charge in [-0.1, -0.05) is 29.8 Å². The summed E-state index contributed by atoms with van der Waals surface area (Å²) < 4.78 is 19.7. The predicted molar refractivity (Wildman–Crippen MR) is 87.3 cm³/mol. The van der Waals surface area contributed by atoms with Gasteiger partial charge >= 0.3 is 17.9 Å². The van der Waals surface area contributed by atoms with Crippen LogP contribution in [0.3, 0.4) is 0 Å². The Bertz CT molecular complexity index is 800. The Hall–Kier alpha value is -3.09. The summed E-state index contributed by atoms with van der Waals surface area (Å²) in [6, 6.07) is 7.21. The fourth-order valence-corrected chi connectivity index (χ4v) is 2.34. The monoisotopic (exact) mass is 346 g/mol. The molecule has 0 aliphatic heterocycles. The molecule has 1 heterocycles. The minimum atomic E-state index is -0.843. The number of carbonyl (C=O) groups excluding carboxylic acids is 3. The van der Waals surface area contributed by atoms with Crippen molar-refractivity contribution in [1.29, 1.82) is 0 Å². The maximum absolute atomic E-state index is 12.2. The molecule has 1 aromatic carbocycles. The third-order valence-electron chi connectivity index (χ3n) is 3.63. The Labute approximate surface area is 144 Å². The van der Waals surface area contributed by atoms with Gasteiger partial charge in [0.2, 0.25) is 5.76 Å². The largest absolute Gasteiger partial charge is 0.469 e. The SMILES string of the molecule is COC(=O)Cc1c(-c2ccc(C)cc2)oc(C(=O)OC)c1C(=O)OC. The molecule has 0 atom stereocenters. The van der Waals surface area contributed by atoms with E-state index < -0.39 is 17.9 Å².